The standard InChI is InChI=1S/C12H18N2O2/c1-3-11(12(13)15)16-10-6-4-9(5-7-10)8-14-2/h4-7,11,14H,3,8H2,1-2H3,(H2,13,15). The van der Waals surface area contributed by atoms with E-state index in [0.717, 1.165) is 6.54 Å². The molecule has 0 aliphatic rings. The second-order valence-electron chi connectivity index (χ2n) is 3.59. The number of ether oxygens (including phenoxy) is 1. The minimum absolute atomic E-state index is 0.429. The van der Waals surface area contributed by atoms with E-state index < -0.39 is 12.0 Å². The molecule has 1 atom stereocenters. The first kappa shape index (κ1) is 12.5. The molecule has 4 nitrogen and oxygen atoms in total. The molecule has 88 valence electrons. The van der Waals surface area contributed by atoms with Gasteiger partial charge in [0, 0.05) is 6.54 Å². The number of nitrogens with two attached hydrogens (primary N) is 1. The molecule has 0 saturated heterocycles. The molecule has 4 heteroatoms. The van der Waals surface area contributed by atoms with E-state index in [0.29, 0.717) is 12.2 Å². The first-order valence-corrected chi connectivity index (χ1v) is 5.37. The van der Waals surface area contributed by atoms with E-state index in [-0.39, 0.29) is 0 Å². The topological polar surface area (TPSA) is 64.3 Å². The van der Waals surface area contributed by atoms with E-state index in [1.807, 2.05) is 38.2 Å². The van der Waals surface area contributed by atoms with Gasteiger partial charge < -0.3 is 15.8 Å². The second-order valence-corrected chi connectivity index (χ2v) is 3.59. The van der Waals surface area contributed by atoms with Crippen molar-refractivity contribution in [2.75, 3.05) is 7.05 Å². The van der Waals surface area contributed by atoms with Crippen LogP contribution in [0.3, 0.4) is 0 Å². The molecule has 1 unspecified atom stereocenters. The van der Waals surface area contributed by atoms with Crippen molar-refractivity contribution in [2.45, 2.75) is 26.0 Å². The summed E-state index contributed by atoms with van der Waals surface area (Å²) < 4.78 is 5.46. The number of benzene rings is 1. The van der Waals surface area contributed by atoms with Crippen LogP contribution in [-0.2, 0) is 11.3 Å². The quantitative estimate of drug-likeness (QED) is 0.756. The SMILES string of the molecule is CCC(Oc1ccc(CNC)cc1)C(N)=O. The molecule has 0 fully saturated rings. The van der Waals surface area contributed by atoms with E-state index in [9.17, 15) is 4.79 Å². The molecule has 0 heterocycles. The number of carbonyl (C=O) groups excluding carboxylic acids is 1. The van der Waals surface area contributed by atoms with Crippen LogP contribution in [0.4, 0.5) is 0 Å². The van der Waals surface area contributed by atoms with Gasteiger partial charge in [-0.15, -0.1) is 0 Å². The van der Waals surface area contributed by atoms with Gasteiger partial charge in [0.05, 0.1) is 0 Å². The monoisotopic (exact) mass is 222 g/mol. The van der Waals surface area contributed by atoms with Gasteiger partial charge in [-0.1, -0.05) is 19.1 Å². The lowest BCUT2D eigenvalue weighted by Gasteiger charge is -2.14. The first-order valence-electron chi connectivity index (χ1n) is 5.37. The third-order valence-electron chi connectivity index (χ3n) is 2.27. The fourth-order valence-corrected chi connectivity index (χ4v) is 1.40. The largest absolute Gasteiger partial charge is 0.481 e. The molecule has 3 N–H and O–H groups in total. The van der Waals surface area contributed by atoms with Crippen LogP contribution in [0.5, 0.6) is 5.75 Å². The van der Waals surface area contributed by atoms with Crippen molar-refractivity contribution in [3.8, 4) is 5.75 Å². The van der Waals surface area contributed by atoms with E-state index in [1.165, 1.54) is 5.56 Å². The molecule has 0 radical (unpaired) electrons. The molecule has 1 aromatic carbocycles. The van der Waals surface area contributed by atoms with Crippen LogP contribution in [0.1, 0.15) is 18.9 Å². The second kappa shape index (κ2) is 6.12. The molecule has 0 saturated carbocycles. The summed E-state index contributed by atoms with van der Waals surface area (Å²) in [6.45, 7) is 2.68. The van der Waals surface area contributed by atoms with Crippen LogP contribution in [-0.4, -0.2) is 19.1 Å². The smallest absolute Gasteiger partial charge is 0.258 e. The maximum atomic E-state index is 11.0. The van der Waals surface area contributed by atoms with Gasteiger partial charge in [0.2, 0.25) is 0 Å². The Balaban J connectivity index is 2.63. The predicted molar refractivity (Wildman–Crippen MR) is 63.1 cm³/mol. The Bertz CT molecular complexity index is 335. The van der Waals surface area contributed by atoms with Gasteiger partial charge in [-0.05, 0) is 31.2 Å². The summed E-state index contributed by atoms with van der Waals surface area (Å²) in [5.41, 5.74) is 6.37. The fourth-order valence-electron chi connectivity index (χ4n) is 1.40. The number of primary amides is 1. The average molecular weight is 222 g/mol. The van der Waals surface area contributed by atoms with Crippen LogP contribution >= 0.6 is 0 Å². The molecule has 1 amide bonds. The third-order valence-corrected chi connectivity index (χ3v) is 2.27. The van der Waals surface area contributed by atoms with E-state index in [4.69, 9.17) is 10.5 Å². The minimum atomic E-state index is -0.546. The van der Waals surface area contributed by atoms with Crippen LogP contribution in [0.15, 0.2) is 24.3 Å². The number of amides is 1. The Morgan fingerprint density at radius 2 is 2.06 bits per heavy atom. The molecule has 0 spiro atoms. The molecule has 0 aliphatic heterocycles. The fraction of sp³-hybridized carbons (Fsp3) is 0.417. The lowest BCUT2D eigenvalue weighted by molar-refractivity contribution is -0.124. The highest BCUT2D eigenvalue weighted by atomic mass is 16.5. The summed E-state index contributed by atoms with van der Waals surface area (Å²) in [4.78, 5) is 11.0. The minimum Gasteiger partial charge on any atom is -0.481 e. The van der Waals surface area contributed by atoms with Crippen molar-refractivity contribution < 1.29 is 9.53 Å². The Morgan fingerprint density at radius 1 is 1.44 bits per heavy atom. The van der Waals surface area contributed by atoms with Crippen molar-refractivity contribution in [1.29, 1.82) is 0 Å². The van der Waals surface area contributed by atoms with E-state index in [2.05, 4.69) is 5.32 Å². The molecule has 1 rings (SSSR count). The van der Waals surface area contributed by atoms with E-state index in [1.54, 1.807) is 0 Å². The summed E-state index contributed by atoms with van der Waals surface area (Å²) in [5, 5.41) is 3.06. The highest BCUT2D eigenvalue weighted by molar-refractivity contribution is 5.79. The number of nitrogens with one attached hydrogen (secondary N) is 1. The summed E-state index contributed by atoms with van der Waals surface area (Å²) in [5.74, 6) is 0.243. The lowest BCUT2D eigenvalue weighted by atomic mass is 10.2. The van der Waals surface area contributed by atoms with Gasteiger partial charge in [-0.25, -0.2) is 0 Å². The number of carbonyl (C=O) groups is 1. The Hall–Kier alpha value is -1.55. The molecule has 0 bridgehead atoms. The first-order chi connectivity index (χ1) is 7.67. The highest BCUT2D eigenvalue weighted by Gasteiger charge is 2.13. The summed E-state index contributed by atoms with van der Waals surface area (Å²) in [7, 11) is 1.89. The predicted octanol–water partition coefficient (Wildman–Crippen LogP) is 1.05. The highest BCUT2D eigenvalue weighted by Crippen LogP contribution is 2.14. The van der Waals surface area contributed by atoms with Gasteiger partial charge in [0.15, 0.2) is 6.10 Å². The summed E-state index contributed by atoms with van der Waals surface area (Å²) in [6.07, 6.45) is 0.0308. The van der Waals surface area contributed by atoms with E-state index >= 15 is 0 Å². The zero-order valence-electron chi connectivity index (χ0n) is 9.69. The van der Waals surface area contributed by atoms with Crippen molar-refractivity contribution in [3.63, 3.8) is 0 Å². The zero-order valence-corrected chi connectivity index (χ0v) is 9.69. The summed E-state index contributed by atoms with van der Waals surface area (Å²) >= 11 is 0. The molecule has 1 aromatic rings. The van der Waals surface area contributed by atoms with Gasteiger partial charge in [-0.2, -0.15) is 0 Å². The molecular formula is C12H18N2O2. The third kappa shape index (κ3) is 3.55. The molecular weight excluding hydrogens is 204 g/mol. The van der Waals surface area contributed by atoms with Gasteiger partial charge >= 0.3 is 0 Å². The Kier molecular flexibility index (Phi) is 4.79. The van der Waals surface area contributed by atoms with Crippen LogP contribution < -0.4 is 15.8 Å². The van der Waals surface area contributed by atoms with Crippen molar-refractivity contribution in [3.05, 3.63) is 29.8 Å². The van der Waals surface area contributed by atoms with Crippen LogP contribution in [0.2, 0.25) is 0 Å². The maximum Gasteiger partial charge on any atom is 0.258 e. The molecule has 16 heavy (non-hydrogen) atoms. The molecule has 0 aliphatic carbocycles. The van der Waals surface area contributed by atoms with Crippen molar-refractivity contribution in [1.82, 2.24) is 5.32 Å². The van der Waals surface area contributed by atoms with Gasteiger partial charge in [0.1, 0.15) is 5.75 Å². The van der Waals surface area contributed by atoms with Crippen molar-refractivity contribution in [2.24, 2.45) is 5.73 Å². The number of hydrogen-bond acceptors (Lipinski definition) is 3. The number of rotatable bonds is 6. The van der Waals surface area contributed by atoms with Gasteiger partial charge in [0.25, 0.3) is 5.91 Å². The average Bonchev–Trinajstić information content (AvgIpc) is 2.28. The van der Waals surface area contributed by atoms with Gasteiger partial charge in [-0.3, -0.25) is 4.79 Å². The zero-order chi connectivity index (χ0) is 12.0. The van der Waals surface area contributed by atoms with Crippen LogP contribution in [0.25, 0.3) is 0 Å². The maximum absolute atomic E-state index is 11.0. The lowest BCUT2D eigenvalue weighted by Crippen LogP contribution is -2.32. The normalized spacial score (nSPS) is 12.1. The Morgan fingerprint density at radius 3 is 2.50 bits per heavy atom. The molecule has 0 aromatic heterocycles. The Labute approximate surface area is 95.8 Å². The summed E-state index contributed by atoms with van der Waals surface area (Å²) in [6, 6.07) is 7.61. The number of hydrogen-bond donors (Lipinski definition) is 2. The van der Waals surface area contributed by atoms with Crippen LogP contribution in [0, 0.1) is 0 Å². The van der Waals surface area contributed by atoms with Crippen molar-refractivity contribution >= 4 is 5.91 Å².